The van der Waals surface area contributed by atoms with Crippen LogP contribution in [0.4, 0.5) is 0 Å². The molecule has 1 rings (SSSR count). The third-order valence-corrected chi connectivity index (χ3v) is 15.3. The highest BCUT2D eigenvalue weighted by Crippen LogP contribution is 2.44. The molecule has 0 amide bonds. The average Bonchev–Trinajstić information content (AvgIpc) is 2.73. The molecule has 0 aromatic heterocycles. The predicted octanol–water partition coefficient (Wildman–Crippen LogP) is 4.52. The Morgan fingerprint density at radius 1 is 0.846 bits per heavy atom. The van der Waals surface area contributed by atoms with Crippen molar-refractivity contribution in [2.75, 3.05) is 7.11 Å². The van der Waals surface area contributed by atoms with Crippen molar-refractivity contribution in [1.29, 1.82) is 0 Å². The summed E-state index contributed by atoms with van der Waals surface area (Å²) in [4.78, 5) is 0. The van der Waals surface area contributed by atoms with Crippen molar-refractivity contribution in [2.45, 2.75) is 115 Å². The second-order valence-corrected chi connectivity index (χ2v) is 20.1. The summed E-state index contributed by atoms with van der Waals surface area (Å²) < 4.78 is 25.0. The van der Waals surface area contributed by atoms with Gasteiger partial charge in [0.15, 0.2) is 22.9 Å². The van der Waals surface area contributed by atoms with Crippen LogP contribution in [0.2, 0.25) is 36.3 Å². The van der Waals surface area contributed by atoms with E-state index in [-0.39, 0.29) is 22.3 Å². The van der Waals surface area contributed by atoms with Gasteiger partial charge in [0.05, 0.1) is 6.10 Å². The van der Waals surface area contributed by atoms with Crippen LogP contribution in [0.25, 0.3) is 0 Å². The standard InChI is InChI=1S/C19H42O5Si2/c1-13(20)14-15(23-25(9,10)18(2,3)4)16(17(21-8)22-14)24-26(11,12)19(5,6)7/h13-17,20H,1-12H3/t13-,14-,15-,16+,17+/m1/s1. The van der Waals surface area contributed by atoms with Gasteiger partial charge in [0.1, 0.15) is 18.3 Å². The number of hydrogen-bond acceptors (Lipinski definition) is 5. The van der Waals surface area contributed by atoms with Crippen LogP contribution in [0.3, 0.4) is 0 Å². The van der Waals surface area contributed by atoms with Crippen LogP contribution in [0.5, 0.6) is 0 Å². The fourth-order valence-electron chi connectivity index (χ4n) is 2.52. The molecule has 0 bridgehead atoms. The van der Waals surface area contributed by atoms with Gasteiger partial charge in [-0.25, -0.2) is 0 Å². The molecular weight excluding hydrogens is 364 g/mol. The Hall–Kier alpha value is 0.234. The van der Waals surface area contributed by atoms with Crippen molar-refractivity contribution < 1.29 is 23.4 Å². The monoisotopic (exact) mass is 406 g/mol. The van der Waals surface area contributed by atoms with Gasteiger partial charge in [-0.15, -0.1) is 0 Å². The fraction of sp³-hybridized carbons (Fsp3) is 1.00. The van der Waals surface area contributed by atoms with Gasteiger partial charge in [0, 0.05) is 7.11 Å². The van der Waals surface area contributed by atoms with E-state index in [1.54, 1.807) is 14.0 Å². The molecule has 1 saturated heterocycles. The summed E-state index contributed by atoms with van der Waals surface area (Å²) in [6.07, 6.45) is -2.32. The molecule has 26 heavy (non-hydrogen) atoms. The Balaban J connectivity index is 3.24. The van der Waals surface area contributed by atoms with Crippen LogP contribution in [0.15, 0.2) is 0 Å². The topological polar surface area (TPSA) is 57.2 Å². The maximum Gasteiger partial charge on any atom is 0.192 e. The van der Waals surface area contributed by atoms with Gasteiger partial charge in [-0.1, -0.05) is 41.5 Å². The van der Waals surface area contributed by atoms with Crippen molar-refractivity contribution >= 4 is 16.6 Å². The zero-order valence-electron chi connectivity index (χ0n) is 19.0. The van der Waals surface area contributed by atoms with Crippen molar-refractivity contribution in [3.05, 3.63) is 0 Å². The average molecular weight is 407 g/mol. The highest BCUT2D eigenvalue weighted by Gasteiger charge is 2.54. The minimum Gasteiger partial charge on any atom is -0.408 e. The molecule has 0 aromatic carbocycles. The van der Waals surface area contributed by atoms with Crippen LogP contribution in [0.1, 0.15) is 48.5 Å². The van der Waals surface area contributed by atoms with E-state index in [1.165, 1.54) is 0 Å². The first-order valence-corrected chi connectivity index (χ1v) is 15.5. The first-order chi connectivity index (χ1) is 11.4. The highest BCUT2D eigenvalue weighted by atomic mass is 28.4. The Bertz CT molecular complexity index is 466. The lowest BCUT2D eigenvalue weighted by Gasteiger charge is -2.44. The second kappa shape index (κ2) is 7.93. The molecule has 0 radical (unpaired) electrons. The summed E-state index contributed by atoms with van der Waals surface area (Å²) in [7, 11) is -2.51. The molecule has 1 aliphatic rings. The molecule has 156 valence electrons. The van der Waals surface area contributed by atoms with Gasteiger partial charge in [-0.3, -0.25) is 0 Å². The summed E-state index contributed by atoms with van der Waals surface area (Å²) in [5.41, 5.74) is 0. The summed E-state index contributed by atoms with van der Waals surface area (Å²) >= 11 is 0. The maximum absolute atomic E-state index is 10.3. The first-order valence-electron chi connectivity index (χ1n) is 9.66. The first kappa shape index (κ1) is 24.3. The minimum atomic E-state index is -2.07. The highest BCUT2D eigenvalue weighted by molar-refractivity contribution is 6.74. The largest absolute Gasteiger partial charge is 0.408 e. The molecule has 0 saturated carbocycles. The quantitative estimate of drug-likeness (QED) is 0.657. The van der Waals surface area contributed by atoms with Crippen molar-refractivity contribution in [2.24, 2.45) is 0 Å². The molecule has 7 heteroatoms. The number of aliphatic hydroxyl groups excluding tert-OH is 1. The van der Waals surface area contributed by atoms with Gasteiger partial charge < -0.3 is 23.4 Å². The SMILES string of the molecule is CO[C@H]1O[C@H]([C@@H](C)O)[C@@H](O[Si](C)(C)C(C)(C)C)[C@@H]1O[Si](C)(C)C(C)(C)C. The lowest BCUT2D eigenvalue weighted by Crippen LogP contribution is -2.55. The summed E-state index contributed by atoms with van der Waals surface area (Å²) in [6, 6.07) is 0. The van der Waals surface area contributed by atoms with Crippen LogP contribution in [-0.4, -0.2) is 59.6 Å². The summed E-state index contributed by atoms with van der Waals surface area (Å²) in [5, 5.41) is 10.4. The fourth-order valence-corrected chi connectivity index (χ4v) is 5.10. The third-order valence-electron chi connectivity index (χ3n) is 6.39. The van der Waals surface area contributed by atoms with E-state index in [1.807, 2.05) is 0 Å². The summed E-state index contributed by atoms with van der Waals surface area (Å²) in [5.74, 6) is 0. The number of hydrogen-bond donors (Lipinski definition) is 1. The van der Waals surface area contributed by atoms with Crippen molar-refractivity contribution in [3.63, 3.8) is 0 Å². The number of ether oxygens (including phenoxy) is 2. The maximum atomic E-state index is 10.3. The Morgan fingerprint density at radius 2 is 1.23 bits per heavy atom. The molecule has 1 N–H and O–H groups in total. The van der Waals surface area contributed by atoms with Gasteiger partial charge in [-0.2, -0.15) is 0 Å². The molecule has 1 aliphatic heterocycles. The van der Waals surface area contributed by atoms with E-state index in [0.717, 1.165) is 0 Å². The van der Waals surface area contributed by atoms with E-state index < -0.39 is 35.1 Å². The molecule has 0 aliphatic carbocycles. The summed E-state index contributed by atoms with van der Waals surface area (Å²) in [6.45, 7) is 23.9. The van der Waals surface area contributed by atoms with E-state index >= 15 is 0 Å². The zero-order chi connectivity index (χ0) is 20.7. The smallest absolute Gasteiger partial charge is 0.192 e. The third kappa shape index (κ3) is 5.18. The minimum absolute atomic E-state index is 0.0585. The van der Waals surface area contributed by atoms with Gasteiger partial charge >= 0.3 is 0 Å². The number of aliphatic hydroxyl groups is 1. The van der Waals surface area contributed by atoms with Crippen LogP contribution < -0.4 is 0 Å². The Labute approximate surface area is 163 Å². The normalized spacial score (nSPS) is 29.9. The molecular formula is C19H42O5Si2. The van der Waals surface area contributed by atoms with Crippen LogP contribution in [0, 0.1) is 0 Å². The number of rotatable bonds is 6. The van der Waals surface area contributed by atoms with Gasteiger partial charge in [0.2, 0.25) is 0 Å². The Morgan fingerprint density at radius 3 is 1.54 bits per heavy atom. The van der Waals surface area contributed by atoms with E-state index in [2.05, 4.69) is 67.7 Å². The molecule has 0 aromatic rings. The molecule has 0 spiro atoms. The van der Waals surface area contributed by atoms with Crippen molar-refractivity contribution in [1.82, 2.24) is 0 Å². The molecule has 1 fully saturated rings. The van der Waals surface area contributed by atoms with E-state index in [4.69, 9.17) is 18.3 Å². The van der Waals surface area contributed by atoms with Crippen molar-refractivity contribution in [3.8, 4) is 0 Å². The lowest BCUT2D eigenvalue weighted by molar-refractivity contribution is -0.159. The van der Waals surface area contributed by atoms with Crippen LogP contribution >= 0.6 is 0 Å². The van der Waals surface area contributed by atoms with E-state index in [0.29, 0.717) is 0 Å². The predicted molar refractivity (Wildman–Crippen MR) is 111 cm³/mol. The molecule has 1 heterocycles. The lowest BCUT2D eigenvalue weighted by atomic mass is 10.1. The molecule has 5 nitrogen and oxygen atoms in total. The van der Waals surface area contributed by atoms with E-state index in [9.17, 15) is 5.11 Å². The van der Waals surface area contributed by atoms with Crippen LogP contribution in [-0.2, 0) is 18.3 Å². The van der Waals surface area contributed by atoms with Gasteiger partial charge in [-0.05, 0) is 43.2 Å². The Kier molecular flexibility index (Phi) is 7.40. The van der Waals surface area contributed by atoms with Gasteiger partial charge in [0.25, 0.3) is 0 Å². The second-order valence-electron chi connectivity index (χ2n) is 10.6. The molecule has 0 unspecified atom stereocenters. The molecule has 5 atom stereocenters. The zero-order valence-corrected chi connectivity index (χ0v) is 21.0. The number of methoxy groups -OCH3 is 1.